The van der Waals surface area contributed by atoms with Crippen molar-refractivity contribution in [3.8, 4) is 0 Å². The van der Waals surface area contributed by atoms with E-state index in [-0.39, 0.29) is 0 Å². The van der Waals surface area contributed by atoms with Crippen LogP contribution in [0.2, 0.25) is 0 Å². The average molecular weight is 95.2 g/mol. The van der Waals surface area contributed by atoms with Gasteiger partial charge in [-0.05, 0) is 17.4 Å². The molecular formula is CH5NS2. The Labute approximate surface area is 32.2 Å². The van der Waals surface area contributed by atoms with Crippen LogP contribution < -0.4 is 0 Å². The van der Waals surface area contributed by atoms with Gasteiger partial charge in [-0.25, -0.2) is 0 Å². The number of nitrogens with one attached hydrogen (secondary N) is 1. The summed E-state index contributed by atoms with van der Waals surface area (Å²) in [5, 5.41) is 0. The molecule has 1 atom stereocenters. The van der Waals surface area contributed by atoms with Crippen molar-refractivity contribution >= 4 is 20.4 Å². The molecule has 0 saturated heterocycles. The highest BCUT2D eigenvalue weighted by atomic mass is 32.8. The Morgan fingerprint density at radius 2 is 2.00 bits per heavy atom. The fourth-order valence-corrected chi connectivity index (χ4v) is 0. The van der Waals surface area contributed by atoms with Gasteiger partial charge in [0, 0.05) is 0 Å². The van der Waals surface area contributed by atoms with Crippen molar-refractivity contribution in [2.45, 2.75) is 0 Å². The van der Waals surface area contributed by atoms with Crippen LogP contribution in [0.5, 0.6) is 0 Å². The Bertz CT molecular complexity index is 54.4. The predicted octanol–water partition coefficient (Wildman–Crippen LogP) is 0.191. The highest BCUT2D eigenvalue weighted by Crippen LogP contribution is 1.38. The van der Waals surface area contributed by atoms with Crippen molar-refractivity contribution in [3.05, 3.63) is 0 Å². The van der Waals surface area contributed by atoms with E-state index in [2.05, 4.69) is 11.2 Å². The first-order valence-electron chi connectivity index (χ1n) is 0.853. The SMILES string of the molecule is C[SH](=N)=S. The molecule has 1 N–H and O–H groups in total. The molecule has 0 aliphatic heterocycles. The van der Waals surface area contributed by atoms with Crippen LogP contribution in [0.3, 0.4) is 0 Å². The van der Waals surface area contributed by atoms with E-state index in [0.717, 1.165) is 0 Å². The van der Waals surface area contributed by atoms with Crippen LogP contribution in [-0.4, -0.2) is 6.26 Å². The van der Waals surface area contributed by atoms with Gasteiger partial charge in [-0.3, -0.25) is 4.78 Å². The predicted molar refractivity (Wildman–Crippen MR) is 24.8 cm³/mol. The quantitative estimate of drug-likeness (QED) is 0.412. The molecule has 0 saturated carbocycles. The lowest BCUT2D eigenvalue weighted by molar-refractivity contribution is 1.65. The lowest BCUT2D eigenvalue weighted by Crippen LogP contribution is -1.46. The summed E-state index contributed by atoms with van der Waals surface area (Å²) in [7, 11) is -0.787. The summed E-state index contributed by atoms with van der Waals surface area (Å²) in [4.78, 5) is 0. The monoisotopic (exact) mass is 95.0 g/mol. The summed E-state index contributed by atoms with van der Waals surface area (Å²) in [5.41, 5.74) is 0. The van der Waals surface area contributed by atoms with E-state index >= 15 is 0 Å². The fraction of sp³-hybridized carbons (Fsp3) is 1.00. The van der Waals surface area contributed by atoms with Gasteiger partial charge < -0.3 is 0 Å². The first-order valence-corrected chi connectivity index (χ1v) is 3.66. The molecule has 0 spiro atoms. The van der Waals surface area contributed by atoms with Crippen molar-refractivity contribution in [1.29, 1.82) is 4.78 Å². The van der Waals surface area contributed by atoms with Crippen LogP contribution in [0.15, 0.2) is 0 Å². The number of rotatable bonds is 0. The Morgan fingerprint density at radius 1 is 2.00 bits per heavy atom. The summed E-state index contributed by atoms with van der Waals surface area (Å²) in [5.74, 6) is 0. The zero-order valence-corrected chi connectivity index (χ0v) is 4.07. The lowest BCUT2D eigenvalue weighted by atomic mass is 12.0. The second kappa shape index (κ2) is 1.67. The van der Waals surface area contributed by atoms with Crippen LogP contribution in [0.1, 0.15) is 0 Å². The van der Waals surface area contributed by atoms with E-state index in [4.69, 9.17) is 4.78 Å². The largest absolute Gasteiger partial charge is 0.280 e. The van der Waals surface area contributed by atoms with Crippen molar-refractivity contribution < 1.29 is 0 Å². The summed E-state index contributed by atoms with van der Waals surface area (Å²) in [6.07, 6.45) is 1.71. The van der Waals surface area contributed by atoms with E-state index in [1.54, 1.807) is 6.26 Å². The van der Waals surface area contributed by atoms with Gasteiger partial charge in [0.1, 0.15) is 0 Å². The molecule has 0 aliphatic rings. The lowest BCUT2D eigenvalue weighted by Gasteiger charge is -1.51. The van der Waals surface area contributed by atoms with Crippen molar-refractivity contribution in [1.82, 2.24) is 0 Å². The molecule has 1 unspecified atom stereocenters. The molecule has 0 aliphatic carbocycles. The summed E-state index contributed by atoms with van der Waals surface area (Å²) < 4.78 is 6.46. The topological polar surface area (TPSA) is 23.9 Å². The van der Waals surface area contributed by atoms with Gasteiger partial charge >= 0.3 is 0 Å². The van der Waals surface area contributed by atoms with Crippen LogP contribution in [-0.2, 0) is 20.4 Å². The highest BCUT2D eigenvalue weighted by Gasteiger charge is 1.33. The molecule has 4 heavy (non-hydrogen) atoms. The standard InChI is InChI=1S/CH5NS2/c1-4(2)3/h2,4H,1H3. The second-order valence-electron chi connectivity index (χ2n) is 0.497. The van der Waals surface area contributed by atoms with E-state index in [0.29, 0.717) is 0 Å². The maximum Gasteiger partial charge on any atom is -0.00668 e. The van der Waals surface area contributed by atoms with E-state index in [1.165, 1.54) is 0 Å². The van der Waals surface area contributed by atoms with Crippen molar-refractivity contribution in [3.63, 3.8) is 0 Å². The molecule has 0 heterocycles. The zero-order valence-electron chi connectivity index (χ0n) is 2.36. The molecule has 26 valence electrons. The molecule has 0 aromatic carbocycles. The average Bonchev–Trinajstić information content (AvgIpc) is 0.811. The maximum atomic E-state index is 6.46. The van der Waals surface area contributed by atoms with Gasteiger partial charge in [0.05, 0.1) is 0 Å². The third-order valence-corrected chi connectivity index (χ3v) is 0. The third-order valence-electron chi connectivity index (χ3n) is 0. The molecule has 0 bridgehead atoms. The molecule has 0 aromatic rings. The summed E-state index contributed by atoms with van der Waals surface area (Å²) in [6, 6.07) is 0. The van der Waals surface area contributed by atoms with Gasteiger partial charge in [0.15, 0.2) is 0 Å². The van der Waals surface area contributed by atoms with Crippen molar-refractivity contribution in [2.75, 3.05) is 6.26 Å². The molecule has 0 fully saturated rings. The van der Waals surface area contributed by atoms with Gasteiger partial charge in [0.25, 0.3) is 0 Å². The zero-order chi connectivity index (χ0) is 3.58. The molecule has 0 rings (SSSR count). The van der Waals surface area contributed by atoms with Crippen LogP contribution >= 0.6 is 0 Å². The minimum absolute atomic E-state index is 0.787. The summed E-state index contributed by atoms with van der Waals surface area (Å²) in [6.45, 7) is 0. The highest BCUT2D eigenvalue weighted by molar-refractivity contribution is 8.21. The van der Waals surface area contributed by atoms with Gasteiger partial charge in [-0.15, -0.1) is 0 Å². The van der Waals surface area contributed by atoms with E-state index < -0.39 is 9.25 Å². The Morgan fingerprint density at radius 3 is 2.00 bits per heavy atom. The van der Waals surface area contributed by atoms with Crippen LogP contribution in [0, 0.1) is 4.78 Å². The van der Waals surface area contributed by atoms with Gasteiger partial charge in [-0.1, -0.05) is 9.25 Å². The second-order valence-corrected chi connectivity index (χ2v) is 3.14. The number of hydrogen-bond acceptors (Lipinski definition) is 2. The molecule has 0 amide bonds. The minimum atomic E-state index is -0.787. The normalized spacial score (nSPS) is 15.2. The Kier molecular flexibility index (Phi) is 1.82. The van der Waals surface area contributed by atoms with Crippen LogP contribution in [0.4, 0.5) is 0 Å². The minimum Gasteiger partial charge on any atom is -0.280 e. The molecular weight excluding hydrogens is 90.2 g/mol. The fourth-order valence-electron chi connectivity index (χ4n) is 0. The summed E-state index contributed by atoms with van der Waals surface area (Å²) >= 11 is 4.35. The van der Waals surface area contributed by atoms with Gasteiger partial charge in [0.2, 0.25) is 0 Å². The first-order chi connectivity index (χ1) is 1.73. The molecule has 3 heteroatoms. The molecule has 0 radical (unpaired) electrons. The third kappa shape index (κ3) is 32.5. The van der Waals surface area contributed by atoms with Crippen molar-refractivity contribution in [2.24, 2.45) is 0 Å². The maximum absolute atomic E-state index is 6.46. The number of thiol groups is 1. The Hall–Kier alpha value is 0.370. The van der Waals surface area contributed by atoms with Gasteiger partial charge in [-0.2, -0.15) is 0 Å². The van der Waals surface area contributed by atoms with Crippen LogP contribution in [0.25, 0.3) is 0 Å². The smallest absolute Gasteiger partial charge is 0.00668 e. The first kappa shape index (κ1) is 4.37. The molecule has 1 nitrogen and oxygen atoms in total. The number of hydrogen-bond donors (Lipinski definition) is 2. The molecule has 0 aromatic heterocycles. The Balaban J connectivity index is 3.51. The van der Waals surface area contributed by atoms with E-state index in [1.807, 2.05) is 0 Å². The van der Waals surface area contributed by atoms with E-state index in [9.17, 15) is 0 Å².